The number of anilines is 2. The van der Waals surface area contributed by atoms with E-state index in [2.05, 4.69) is 27.6 Å². The average molecular weight is 264 g/mol. The molecular formula is C12H20N6O. The summed E-state index contributed by atoms with van der Waals surface area (Å²) in [6.07, 6.45) is 7.59. The highest BCUT2D eigenvalue weighted by Gasteiger charge is 2.06. The Balaban J connectivity index is 1.93. The second-order valence-corrected chi connectivity index (χ2v) is 4.17. The van der Waals surface area contributed by atoms with Crippen LogP contribution < -0.4 is 16.6 Å². The van der Waals surface area contributed by atoms with E-state index in [4.69, 9.17) is 10.6 Å². The van der Waals surface area contributed by atoms with E-state index < -0.39 is 0 Å². The van der Waals surface area contributed by atoms with Gasteiger partial charge in [-0.15, -0.1) is 0 Å². The Morgan fingerprint density at radius 1 is 1.42 bits per heavy atom. The summed E-state index contributed by atoms with van der Waals surface area (Å²) in [7, 11) is 0. The van der Waals surface area contributed by atoms with Crippen LogP contribution in [-0.4, -0.2) is 34.1 Å². The number of nitrogens with one attached hydrogen (secondary N) is 2. The van der Waals surface area contributed by atoms with E-state index in [0.29, 0.717) is 24.8 Å². The van der Waals surface area contributed by atoms with Crippen LogP contribution in [0.4, 0.5) is 11.6 Å². The molecule has 7 heteroatoms. The molecule has 2 aromatic rings. The summed E-state index contributed by atoms with van der Waals surface area (Å²) in [5.74, 6) is 6.67. The lowest BCUT2D eigenvalue weighted by Gasteiger charge is -2.09. The predicted octanol–water partition coefficient (Wildman–Crippen LogP) is 1.24. The van der Waals surface area contributed by atoms with Crippen molar-refractivity contribution in [3.05, 3.63) is 18.6 Å². The summed E-state index contributed by atoms with van der Waals surface area (Å²) in [5, 5.41) is 3.21. The maximum atomic E-state index is 5.49. The van der Waals surface area contributed by atoms with Gasteiger partial charge in [0.15, 0.2) is 17.3 Å². The van der Waals surface area contributed by atoms with Crippen molar-refractivity contribution in [1.29, 1.82) is 0 Å². The maximum Gasteiger partial charge on any atom is 0.180 e. The zero-order valence-corrected chi connectivity index (χ0v) is 11.1. The van der Waals surface area contributed by atoms with Crippen LogP contribution in [0.1, 0.15) is 19.8 Å². The molecule has 0 fully saturated rings. The first-order valence-corrected chi connectivity index (χ1v) is 6.47. The third kappa shape index (κ3) is 3.55. The predicted molar refractivity (Wildman–Crippen MR) is 75.0 cm³/mol. The molecule has 0 aromatic carbocycles. The van der Waals surface area contributed by atoms with Crippen molar-refractivity contribution in [1.82, 2.24) is 14.4 Å². The van der Waals surface area contributed by atoms with Crippen LogP contribution in [0.15, 0.2) is 18.6 Å². The first-order chi connectivity index (χ1) is 9.35. The summed E-state index contributed by atoms with van der Waals surface area (Å²) >= 11 is 0. The van der Waals surface area contributed by atoms with Crippen molar-refractivity contribution in [3.63, 3.8) is 0 Å². The molecule has 0 unspecified atom stereocenters. The van der Waals surface area contributed by atoms with Crippen LogP contribution in [0.2, 0.25) is 0 Å². The fourth-order valence-electron chi connectivity index (χ4n) is 1.71. The molecule has 0 radical (unpaired) electrons. The molecule has 0 bridgehead atoms. The molecular weight excluding hydrogens is 244 g/mol. The number of hydrogen-bond acceptors (Lipinski definition) is 6. The molecule has 0 saturated heterocycles. The summed E-state index contributed by atoms with van der Waals surface area (Å²) in [6, 6.07) is 0. The second-order valence-electron chi connectivity index (χ2n) is 4.17. The lowest BCUT2D eigenvalue weighted by molar-refractivity contribution is 0.141. The summed E-state index contributed by atoms with van der Waals surface area (Å²) in [4.78, 5) is 8.59. The van der Waals surface area contributed by atoms with E-state index in [9.17, 15) is 0 Å². The van der Waals surface area contributed by atoms with Crippen LogP contribution in [0.5, 0.6) is 0 Å². The van der Waals surface area contributed by atoms with E-state index in [1.54, 1.807) is 12.4 Å². The Kier molecular flexibility index (Phi) is 4.93. The molecule has 0 amide bonds. The number of nitrogens with two attached hydrogens (primary N) is 1. The molecule has 2 aromatic heterocycles. The van der Waals surface area contributed by atoms with E-state index in [-0.39, 0.29) is 0 Å². The highest BCUT2D eigenvalue weighted by molar-refractivity contribution is 5.65. The fourth-order valence-corrected chi connectivity index (χ4v) is 1.71. The minimum Gasteiger partial charge on any atom is -0.380 e. The molecule has 0 aliphatic carbocycles. The Morgan fingerprint density at radius 2 is 2.32 bits per heavy atom. The van der Waals surface area contributed by atoms with Gasteiger partial charge in [-0.05, 0) is 6.42 Å². The minimum absolute atomic E-state index is 0.583. The lowest BCUT2D eigenvalue weighted by Crippen LogP contribution is -2.14. The van der Waals surface area contributed by atoms with Gasteiger partial charge in [-0.25, -0.2) is 15.8 Å². The van der Waals surface area contributed by atoms with Gasteiger partial charge in [0.2, 0.25) is 0 Å². The standard InChI is InChI=1S/C12H20N6O/c1-2-3-7-19-8-5-14-11-12-15-4-6-18(12)9-10(16-11)17-13/h4,6,9,17H,2-3,5,7-8,13H2,1H3,(H,14,16). The van der Waals surface area contributed by atoms with E-state index in [1.165, 1.54) is 0 Å². The van der Waals surface area contributed by atoms with Gasteiger partial charge >= 0.3 is 0 Å². The second kappa shape index (κ2) is 6.91. The van der Waals surface area contributed by atoms with Gasteiger partial charge < -0.3 is 19.9 Å². The van der Waals surface area contributed by atoms with Gasteiger partial charge in [0.1, 0.15) is 0 Å². The molecule has 0 aliphatic heterocycles. The fraction of sp³-hybridized carbons (Fsp3) is 0.500. The number of imidazole rings is 1. The quantitative estimate of drug-likeness (QED) is 0.377. The number of aromatic nitrogens is 3. The Morgan fingerprint density at radius 3 is 3.11 bits per heavy atom. The van der Waals surface area contributed by atoms with Crippen molar-refractivity contribution in [2.45, 2.75) is 19.8 Å². The number of unbranched alkanes of at least 4 members (excludes halogenated alkanes) is 1. The maximum absolute atomic E-state index is 5.49. The van der Waals surface area contributed by atoms with E-state index in [0.717, 1.165) is 25.1 Å². The van der Waals surface area contributed by atoms with E-state index in [1.807, 2.05) is 10.6 Å². The third-order valence-electron chi connectivity index (χ3n) is 2.70. The van der Waals surface area contributed by atoms with Crippen LogP contribution in [0.3, 0.4) is 0 Å². The summed E-state index contributed by atoms with van der Waals surface area (Å²) in [5.41, 5.74) is 3.31. The number of hydrazine groups is 1. The smallest absolute Gasteiger partial charge is 0.180 e. The molecule has 0 saturated carbocycles. The first kappa shape index (κ1) is 13.6. The van der Waals surface area contributed by atoms with Gasteiger partial charge in [-0.3, -0.25) is 0 Å². The molecule has 2 heterocycles. The SMILES string of the molecule is CCCCOCCNc1nc(NN)cn2ccnc12. The molecule has 4 N–H and O–H groups in total. The van der Waals surface area contributed by atoms with Crippen molar-refractivity contribution >= 4 is 17.3 Å². The van der Waals surface area contributed by atoms with Crippen LogP contribution >= 0.6 is 0 Å². The van der Waals surface area contributed by atoms with Crippen molar-refractivity contribution in [2.75, 3.05) is 30.5 Å². The van der Waals surface area contributed by atoms with Gasteiger partial charge in [0, 0.05) is 25.5 Å². The molecule has 0 atom stereocenters. The van der Waals surface area contributed by atoms with E-state index >= 15 is 0 Å². The van der Waals surface area contributed by atoms with Crippen molar-refractivity contribution in [3.8, 4) is 0 Å². The molecule has 0 spiro atoms. The van der Waals surface area contributed by atoms with Crippen LogP contribution in [0.25, 0.3) is 5.65 Å². The Hall–Kier alpha value is -1.86. The Labute approximate surface area is 112 Å². The highest BCUT2D eigenvalue weighted by Crippen LogP contribution is 2.15. The molecule has 104 valence electrons. The number of fused-ring (bicyclic) bond motifs is 1. The number of ether oxygens (including phenoxy) is 1. The minimum atomic E-state index is 0.583. The van der Waals surface area contributed by atoms with Gasteiger partial charge in [0.25, 0.3) is 0 Å². The normalized spacial score (nSPS) is 10.8. The zero-order valence-electron chi connectivity index (χ0n) is 11.1. The molecule has 2 rings (SSSR count). The largest absolute Gasteiger partial charge is 0.380 e. The monoisotopic (exact) mass is 264 g/mol. The van der Waals surface area contributed by atoms with Crippen molar-refractivity contribution in [2.24, 2.45) is 5.84 Å². The summed E-state index contributed by atoms with van der Waals surface area (Å²) in [6.45, 7) is 4.28. The van der Waals surface area contributed by atoms with Gasteiger partial charge in [-0.1, -0.05) is 13.3 Å². The topological polar surface area (TPSA) is 89.5 Å². The lowest BCUT2D eigenvalue weighted by atomic mass is 10.4. The number of nitrogens with zero attached hydrogens (tertiary/aromatic N) is 3. The van der Waals surface area contributed by atoms with Crippen LogP contribution in [0, 0.1) is 0 Å². The highest BCUT2D eigenvalue weighted by atomic mass is 16.5. The number of hydrogen-bond donors (Lipinski definition) is 3. The molecule has 0 aliphatic rings. The van der Waals surface area contributed by atoms with Crippen LogP contribution in [-0.2, 0) is 4.74 Å². The Bertz CT molecular complexity index is 512. The number of rotatable bonds is 8. The zero-order chi connectivity index (χ0) is 13.5. The van der Waals surface area contributed by atoms with Gasteiger partial charge in [-0.2, -0.15) is 0 Å². The van der Waals surface area contributed by atoms with Crippen molar-refractivity contribution < 1.29 is 4.74 Å². The first-order valence-electron chi connectivity index (χ1n) is 6.47. The summed E-state index contributed by atoms with van der Waals surface area (Å²) < 4.78 is 7.35. The molecule has 7 nitrogen and oxygen atoms in total. The third-order valence-corrected chi connectivity index (χ3v) is 2.70. The van der Waals surface area contributed by atoms with Gasteiger partial charge in [0.05, 0.1) is 12.8 Å². The average Bonchev–Trinajstić information content (AvgIpc) is 2.90. The molecule has 19 heavy (non-hydrogen) atoms. The number of nitrogen functional groups attached to an aromatic ring is 1.